The van der Waals surface area contributed by atoms with Gasteiger partial charge in [0.2, 0.25) is 0 Å². The Morgan fingerprint density at radius 3 is 1.36 bits per heavy atom. The van der Waals surface area contributed by atoms with Gasteiger partial charge in [0.05, 0.1) is 0 Å². The summed E-state index contributed by atoms with van der Waals surface area (Å²) in [4.78, 5) is 0. The molecule has 0 saturated heterocycles. The van der Waals surface area contributed by atoms with Crippen LogP contribution >= 0.6 is 0 Å². The Hall–Kier alpha value is -1.24. The molecule has 1 aromatic carbocycles. The molecule has 0 aliphatic heterocycles. The van der Waals surface area contributed by atoms with Crippen molar-refractivity contribution in [1.29, 1.82) is 0 Å². The fraction of sp³-hybridized carbons (Fsp3) is 0.385. The number of benzene rings is 1. The lowest BCUT2D eigenvalue weighted by Crippen LogP contribution is -2.01. The fourth-order valence-corrected chi connectivity index (χ4v) is 1.93. The molecule has 0 aromatic heterocycles. The zero-order valence-corrected chi connectivity index (χ0v) is 9.65. The minimum Gasteiger partial charge on any atom is -0.508 e. The molecule has 0 saturated carbocycles. The molecule has 1 rings (SSSR count). The van der Waals surface area contributed by atoms with Crippen LogP contribution in [0.2, 0.25) is 0 Å². The lowest BCUT2D eigenvalue weighted by molar-refractivity contribution is 0.512. The van der Waals surface area contributed by atoms with Crippen molar-refractivity contribution >= 4 is 5.76 Å². The van der Waals surface area contributed by atoms with Crippen molar-refractivity contribution in [1.82, 2.24) is 0 Å². The third-order valence-corrected chi connectivity index (χ3v) is 3.29. The summed E-state index contributed by atoms with van der Waals surface area (Å²) in [7, 11) is 0. The second-order valence-corrected chi connectivity index (χ2v) is 3.95. The van der Waals surface area contributed by atoms with Crippen LogP contribution in [0.1, 0.15) is 33.4 Å². The van der Waals surface area contributed by atoms with Gasteiger partial charge in [-0.25, -0.2) is 0 Å². The summed E-state index contributed by atoms with van der Waals surface area (Å²) in [5.41, 5.74) is 6.99. The molecule has 0 unspecified atom stereocenters. The van der Waals surface area contributed by atoms with Crippen molar-refractivity contribution in [2.24, 2.45) is 0 Å². The highest BCUT2D eigenvalue weighted by Gasteiger charge is 2.13. The van der Waals surface area contributed by atoms with E-state index in [1.54, 1.807) is 0 Å². The summed E-state index contributed by atoms with van der Waals surface area (Å²) >= 11 is 0. The van der Waals surface area contributed by atoms with Crippen LogP contribution in [0, 0.1) is 34.6 Å². The average molecular weight is 190 g/mol. The molecule has 0 atom stereocenters. The van der Waals surface area contributed by atoms with Gasteiger partial charge in [-0.1, -0.05) is 6.58 Å². The van der Waals surface area contributed by atoms with Gasteiger partial charge >= 0.3 is 0 Å². The highest BCUT2D eigenvalue weighted by Crippen LogP contribution is 2.29. The molecule has 76 valence electrons. The first-order valence-electron chi connectivity index (χ1n) is 4.83. The summed E-state index contributed by atoms with van der Waals surface area (Å²) in [6, 6.07) is 0. The fourth-order valence-electron chi connectivity index (χ4n) is 1.93. The molecule has 0 heterocycles. The predicted octanol–water partition coefficient (Wildman–Crippen LogP) is 3.76. The lowest BCUT2D eigenvalue weighted by Gasteiger charge is -2.17. The second-order valence-electron chi connectivity index (χ2n) is 3.95. The highest BCUT2D eigenvalue weighted by atomic mass is 16.3. The Balaban J connectivity index is 3.68. The van der Waals surface area contributed by atoms with E-state index in [-0.39, 0.29) is 5.76 Å². The zero-order valence-electron chi connectivity index (χ0n) is 9.65. The molecule has 1 aromatic rings. The predicted molar refractivity (Wildman–Crippen MR) is 61.8 cm³/mol. The molecule has 0 amide bonds. The van der Waals surface area contributed by atoms with Gasteiger partial charge in [-0.15, -0.1) is 0 Å². The van der Waals surface area contributed by atoms with Crippen molar-refractivity contribution in [3.8, 4) is 0 Å². The molecular weight excluding hydrogens is 172 g/mol. The Morgan fingerprint density at radius 2 is 1.07 bits per heavy atom. The quantitative estimate of drug-likeness (QED) is 0.668. The van der Waals surface area contributed by atoms with E-state index in [4.69, 9.17) is 0 Å². The molecule has 0 aliphatic carbocycles. The Bertz CT molecular complexity index is 371. The molecule has 1 N–H and O–H groups in total. The minimum atomic E-state index is 0.172. The van der Waals surface area contributed by atoms with Crippen LogP contribution in [0.5, 0.6) is 0 Å². The van der Waals surface area contributed by atoms with Crippen LogP contribution < -0.4 is 0 Å². The van der Waals surface area contributed by atoms with E-state index in [1.807, 2.05) is 13.8 Å². The molecule has 14 heavy (non-hydrogen) atoms. The van der Waals surface area contributed by atoms with Gasteiger partial charge in [-0.2, -0.15) is 0 Å². The van der Waals surface area contributed by atoms with Crippen molar-refractivity contribution in [3.63, 3.8) is 0 Å². The van der Waals surface area contributed by atoms with Crippen LogP contribution in [-0.4, -0.2) is 5.11 Å². The van der Waals surface area contributed by atoms with Gasteiger partial charge in [-0.05, 0) is 62.4 Å². The minimum absolute atomic E-state index is 0.172. The van der Waals surface area contributed by atoms with Gasteiger partial charge in [0.15, 0.2) is 0 Å². The van der Waals surface area contributed by atoms with E-state index < -0.39 is 0 Å². The molecule has 1 nitrogen and oxygen atoms in total. The lowest BCUT2D eigenvalue weighted by atomic mass is 9.89. The summed E-state index contributed by atoms with van der Waals surface area (Å²) in [6.45, 7) is 14.0. The maximum absolute atomic E-state index is 9.53. The summed E-state index contributed by atoms with van der Waals surface area (Å²) in [6.07, 6.45) is 0. The zero-order chi connectivity index (χ0) is 11.0. The van der Waals surface area contributed by atoms with Crippen LogP contribution in [0.15, 0.2) is 6.58 Å². The monoisotopic (exact) mass is 190 g/mol. The van der Waals surface area contributed by atoms with Gasteiger partial charge < -0.3 is 5.11 Å². The first-order chi connectivity index (χ1) is 6.37. The molecule has 0 spiro atoms. The molecular formula is C13H18O. The van der Waals surface area contributed by atoms with Crippen LogP contribution in [-0.2, 0) is 0 Å². The molecule has 0 radical (unpaired) electrons. The first kappa shape index (κ1) is 10.8. The van der Waals surface area contributed by atoms with Gasteiger partial charge in [0, 0.05) is 5.56 Å². The third-order valence-electron chi connectivity index (χ3n) is 3.29. The second kappa shape index (κ2) is 3.49. The van der Waals surface area contributed by atoms with Crippen molar-refractivity contribution in [2.75, 3.05) is 0 Å². The number of aliphatic hydroxyl groups excluding tert-OH is 1. The van der Waals surface area contributed by atoms with Crippen molar-refractivity contribution in [3.05, 3.63) is 40.0 Å². The summed E-state index contributed by atoms with van der Waals surface area (Å²) in [5.74, 6) is 0.172. The van der Waals surface area contributed by atoms with E-state index in [0.29, 0.717) is 0 Å². The van der Waals surface area contributed by atoms with Gasteiger partial charge in [0.1, 0.15) is 5.76 Å². The maximum atomic E-state index is 9.53. The summed E-state index contributed by atoms with van der Waals surface area (Å²) in [5, 5.41) is 9.53. The number of hydrogen-bond donors (Lipinski definition) is 1. The summed E-state index contributed by atoms with van der Waals surface area (Å²) < 4.78 is 0. The standard InChI is InChI=1S/C13H18O/c1-7-8(2)10(4)13(12(6)14)11(5)9(7)3/h14H,6H2,1-5H3. The maximum Gasteiger partial charge on any atom is 0.116 e. The van der Waals surface area contributed by atoms with Crippen LogP contribution in [0.3, 0.4) is 0 Å². The van der Waals surface area contributed by atoms with Crippen LogP contribution in [0.25, 0.3) is 5.76 Å². The van der Waals surface area contributed by atoms with E-state index in [9.17, 15) is 5.11 Å². The number of aliphatic hydroxyl groups is 1. The number of hydrogen-bond acceptors (Lipinski definition) is 1. The highest BCUT2D eigenvalue weighted by molar-refractivity contribution is 5.67. The Morgan fingerprint density at radius 1 is 0.786 bits per heavy atom. The van der Waals surface area contributed by atoms with E-state index in [1.165, 1.54) is 16.7 Å². The normalized spacial score (nSPS) is 10.4. The molecule has 0 fully saturated rings. The third kappa shape index (κ3) is 1.43. The molecule has 0 bridgehead atoms. The first-order valence-corrected chi connectivity index (χ1v) is 4.83. The molecule has 1 heteroatoms. The van der Waals surface area contributed by atoms with Gasteiger partial charge in [-0.3, -0.25) is 0 Å². The van der Waals surface area contributed by atoms with E-state index in [2.05, 4.69) is 27.4 Å². The largest absolute Gasteiger partial charge is 0.508 e. The van der Waals surface area contributed by atoms with Crippen molar-refractivity contribution in [2.45, 2.75) is 34.6 Å². The Kier molecular flexibility index (Phi) is 2.70. The van der Waals surface area contributed by atoms with Gasteiger partial charge in [0.25, 0.3) is 0 Å². The molecule has 0 aliphatic rings. The van der Waals surface area contributed by atoms with Crippen molar-refractivity contribution < 1.29 is 5.11 Å². The smallest absolute Gasteiger partial charge is 0.116 e. The van der Waals surface area contributed by atoms with E-state index in [0.717, 1.165) is 16.7 Å². The average Bonchev–Trinajstić information content (AvgIpc) is 2.11. The number of rotatable bonds is 1. The van der Waals surface area contributed by atoms with E-state index >= 15 is 0 Å². The Labute approximate surface area is 86.1 Å². The SMILES string of the molecule is C=C(O)c1c(C)c(C)c(C)c(C)c1C. The topological polar surface area (TPSA) is 20.2 Å². The van der Waals surface area contributed by atoms with Crippen LogP contribution in [0.4, 0.5) is 0 Å².